The summed E-state index contributed by atoms with van der Waals surface area (Å²) in [5, 5.41) is 12.2. The number of anilines is 1. The summed E-state index contributed by atoms with van der Waals surface area (Å²) in [6.45, 7) is 4.74. The first kappa shape index (κ1) is 11.7. The van der Waals surface area contributed by atoms with Gasteiger partial charge in [0.2, 0.25) is 0 Å². The zero-order valence-electron chi connectivity index (χ0n) is 10.2. The second-order valence-corrected chi connectivity index (χ2v) is 4.20. The molecule has 0 radical (unpaired) electrons. The summed E-state index contributed by atoms with van der Waals surface area (Å²) in [6, 6.07) is 9.96. The molecule has 0 aliphatic rings. The van der Waals surface area contributed by atoms with Gasteiger partial charge in [-0.15, -0.1) is 0 Å². The Morgan fingerprint density at radius 1 is 1.12 bits per heavy atom. The summed E-state index contributed by atoms with van der Waals surface area (Å²) in [7, 11) is 0. The van der Waals surface area contributed by atoms with E-state index in [1.165, 1.54) is 11.1 Å². The van der Waals surface area contributed by atoms with Gasteiger partial charge >= 0.3 is 0 Å². The number of hydrogen-bond acceptors (Lipinski definition) is 3. The lowest BCUT2D eigenvalue weighted by Crippen LogP contribution is -2.00. The monoisotopic (exact) mass is 231 g/mol. The van der Waals surface area contributed by atoms with Gasteiger partial charge in [-0.05, 0) is 37.6 Å². The molecule has 0 aliphatic carbocycles. The number of aliphatic hydroxyl groups excluding tert-OH is 1. The number of benzene rings is 1. The molecule has 0 bridgehead atoms. The smallest absolute Gasteiger partial charge is 0.129 e. The van der Waals surface area contributed by atoms with E-state index < -0.39 is 0 Å². The quantitative estimate of drug-likeness (QED) is 0.850. The minimum atomic E-state index is -0.0520. The van der Waals surface area contributed by atoms with Crippen molar-refractivity contribution in [1.29, 1.82) is 0 Å². The largest absolute Gasteiger partial charge is 0.462 e. The molecule has 3 nitrogen and oxygen atoms in total. The summed E-state index contributed by atoms with van der Waals surface area (Å²) in [4.78, 5) is 0. The maximum absolute atomic E-state index is 8.90. The maximum atomic E-state index is 8.90. The van der Waals surface area contributed by atoms with Crippen molar-refractivity contribution >= 4 is 5.69 Å². The van der Waals surface area contributed by atoms with Gasteiger partial charge in [0, 0.05) is 5.69 Å². The number of aryl methyl sites for hydroxylation is 2. The lowest BCUT2D eigenvalue weighted by atomic mass is 10.1. The fourth-order valence-corrected chi connectivity index (χ4v) is 1.80. The lowest BCUT2D eigenvalue weighted by molar-refractivity contribution is 0.244. The molecule has 2 rings (SSSR count). The van der Waals surface area contributed by atoms with Gasteiger partial charge in [0.25, 0.3) is 0 Å². The average molecular weight is 231 g/mol. The Hall–Kier alpha value is -1.74. The Kier molecular flexibility index (Phi) is 3.49. The fourth-order valence-electron chi connectivity index (χ4n) is 1.80. The molecule has 0 atom stereocenters. The first-order valence-electron chi connectivity index (χ1n) is 5.68. The van der Waals surface area contributed by atoms with E-state index in [2.05, 4.69) is 37.4 Å². The Morgan fingerprint density at radius 3 is 2.53 bits per heavy atom. The van der Waals surface area contributed by atoms with Crippen LogP contribution < -0.4 is 5.32 Å². The second-order valence-electron chi connectivity index (χ2n) is 4.20. The van der Waals surface area contributed by atoms with Gasteiger partial charge in [-0.3, -0.25) is 0 Å². The Morgan fingerprint density at radius 2 is 1.88 bits per heavy atom. The van der Waals surface area contributed by atoms with Crippen LogP contribution in [-0.4, -0.2) is 5.11 Å². The maximum Gasteiger partial charge on any atom is 0.129 e. The standard InChI is InChI=1S/C14H17NO2/c1-10-3-6-14(11(2)7-10)15-8-12-4-5-13(9-16)17-12/h3-7,15-16H,8-9H2,1-2H3. The molecule has 1 aromatic carbocycles. The van der Waals surface area contributed by atoms with Crippen molar-refractivity contribution in [3.05, 3.63) is 53.0 Å². The predicted octanol–water partition coefficient (Wildman–Crippen LogP) is 3.00. The van der Waals surface area contributed by atoms with E-state index in [0.717, 1.165) is 11.4 Å². The molecule has 2 aromatic rings. The molecule has 0 fully saturated rings. The van der Waals surface area contributed by atoms with Gasteiger partial charge in [0.15, 0.2) is 0 Å². The van der Waals surface area contributed by atoms with Crippen LogP contribution in [0.1, 0.15) is 22.6 Å². The van der Waals surface area contributed by atoms with Crippen molar-refractivity contribution in [1.82, 2.24) is 0 Å². The zero-order chi connectivity index (χ0) is 12.3. The number of aliphatic hydroxyl groups is 1. The highest BCUT2D eigenvalue weighted by atomic mass is 16.4. The van der Waals surface area contributed by atoms with Crippen LogP contribution in [0.2, 0.25) is 0 Å². The van der Waals surface area contributed by atoms with Crippen molar-refractivity contribution in [3.8, 4) is 0 Å². The SMILES string of the molecule is Cc1ccc(NCc2ccc(CO)o2)c(C)c1. The van der Waals surface area contributed by atoms with Crippen LogP contribution in [0.4, 0.5) is 5.69 Å². The zero-order valence-corrected chi connectivity index (χ0v) is 10.2. The lowest BCUT2D eigenvalue weighted by Gasteiger charge is -2.08. The van der Waals surface area contributed by atoms with E-state index in [-0.39, 0.29) is 6.61 Å². The Balaban J connectivity index is 2.02. The van der Waals surface area contributed by atoms with Gasteiger partial charge in [-0.25, -0.2) is 0 Å². The minimum Gasteiger partial charge on any atom is -0.462 e. The third kappa shape index (κ3) is 2.88. The van der Waals surface area contributed by atoms with Crippen molar-refractivity contribution in [2.24, 2.45) is 0 Å². The number of hydrogen-bond donors (Lipinski definition) is 2. The molecule has 0 aliphatic heterocycles. The Bertz CT molecular complexity index is 503. The average Bonchev–Trinajstić information content (AvgIpc) is 2.76. The molecule has 1 heterocycles. The first-order valence-corrected chi connectivity index (χ1v) is 5.68. The van der Waals surface area contributed by atoms with Crippen molar-refractivity contribution in [2.45, 2.75) is 27.0 Å². The minimum absolute atomic E-state index is 0.0520. The molecule has 90 valence electrons. The molecule has 1 aromatic heterocycles. The van der Waals surface area contributed by atoms with Crippen LogP contribution in [0.5, 0.6) is 0 Å². The fraction of sp³-hybridized carbons (Fsp3) is 0.286. The van der Waals surface area contributed by atoms with E-state index in [1.54, 1.807) is 6.07 Å². The van der Waals surface area contributed by atoms with E-state index in [0.29, 0.717) is 12.3 Å². The molecular formula is C14H17NO2. The highest BCUT2D eigenvalue weighted by Crippen LogP contribution is 2.17. The normalized spacial score (nSPS) is 10.5. The van der Waals surface area contributed by atoms with Gasteiger partial charge in [0.05, 0.1) is 6.54 Å². The van der Waals surface area contributed by atoms with Crippen LogP contribution in [0.3, 0.4) is 0 Å². The van der Waals surface area contributed by atoms with Gasteiger partial charge in [-0.1, -0.05) is 17.7 Å². The number of nitrogens with one attached hydrogen (secondary N) is 1. The van der Waals surface area contributed by atoms with Gasteiger partial charge in [-0.2, -0.15) is 0 Å². The van der Waals surface area contributed by atoms with E-state index >= 15 is 0 Å². The molecule has 0 amide bonds. The molecule has 0 saturated carbocycles. The molecule has 17 heavy (non-hydrogen) atoms. The molecule has 0 saturated heterocycles. The molecule has 0 spiro atoms. The van der Waals surface area contributed by atoms with E-state index in [9.17, 15) is 0 Å². The topological polar surface area (TPSA) is 45.4 Å². The summed E-state index contributed by atoms with van der Waals surface area (Å²) < 4.78 is 5.41. The molecule has 2 N–H and O–H groups in total. The van der Waals surface area contributed by atoms with Crippen LogP contribution in [0.25, 0.3) is 0 Å². The molecule has 0 unspecified atom stereocenters. The highest BCUT2D eigenvalue weighted by Gasteiger charge is 2.02. The molecular weight excluding hydrogens is 214 g/mol. The van der Waals surface area contributed by atoms with Crippen molar-refractivity contribution in [2.75, 3.05) is 5.32 Å². The van der Waals surface area contributed by atoms with Crippen LogP contribution in [-0.2, 0) is 13.2 Å². The summed E-state index contributed by atoms with van der Waals surface area (Å²) >= 11 is 0. The van der Waals surface area contributed by atoms with E-state index in [4.69, 9.17) is 9.52 Å². The van der Waals surface area contributed by atoms with Gasteiger partial charge in [0.1, 0.15) is 18.1 Å². The first-order chi connectivity index (χ1) is 8.19. The van der Waals surface area contributed by atoms with Crippen LogP contribution >= 0.6 is 0 Å². The molecule has 3 heteroatoms. The number of rotatable bonds is 4. The third-order valence-electron chi connectivity index (χ3n) is 2.71. The predicted molar refractivity (Wildman–Crippen MR) is 67.9 cm³/mol. The number of furan rings is 1. The third-order valence-corrected chi connectivity index (χ3v) is 2.71. The summed E-state index contributed by atoms with van der Waals surface area (Å²) in [5.41, 5.74) is 3.59. The summed E-state index contributed by atoms with van der Waals surface area (Å²) in [5.74, 6) is 1.43. The van der Waals surface area contributed by atoms with Crippen LogP contribution in [0.15, 0.2) is 34.7 Å². The van der Waals surface area contributed by atoms with E-state index in [1.807, 2.05) is 6.07 Å². The van der Waals surface area contributed by atoms with Crippen LogP contribution in [0, 0.1) is 13.8 Å². The van der Waals surface area contributed by atoms with Gasteiger partial charge < -0.3 is 14.8 Å². The van der Waals surface area contributed by atoms with Crippen molar-refractivity contribution in [3.63, 3.8) is 0 Å². The highest BCUT2D eigenvalue weighted by molar-refractivity contribution is 5.51. The summed E-state index contributed by atoms with van der Waals surface area (Å²) in [6.07, 6.45) is 0. The Labute approximate surface area is 101 Å². The van der Waals surface area contributed by atoms with Crippen molar-refractivity contribution < 1.29 is 9.52 Å². The second kappa shape index (κ2) is 5.06.